The van der Waals surface area contributed by atoms with E-state index in [1.54, 1.807) is 56.7 Å². The molecule has 2 aromatic heterocycles. The number of carbonyl (C=O) groups is 3. The maximum atomic E-state index is 14.1. The minimum Gasteiger partial charge on any atom is -0.444 e. The Bertz CT molecular complexity index is 2710. The minimum absolute atomic E-state index is 0. The molecule has 72 heavy (non-hydrogen) atoms. The summed E-state index contributed by atoms with van der Waals surface area (Å²) in [4.78, 5) is 43.9. The van der Waals surface area contributed by atoms with Crippen LogP contribution in [0.15, 0.2) is 97.1 Å². The maximum absolute atomic E-state index is 14.1. The molecule has 2 aliphatic rings. The number of rotatable bonds is 18. The van der Waals surface area contributed by atoms with E-state index in [1.165, 1.54) is 0 Å². The van der Waals surface area contributed by atoms with Crippen LogP contribution < -0.4 is 5.32 Å². The third-order valence-electron chi connectivity index (χ3n) is 11.8. The summed E-state index contributed by atoms with van der Waals surface area (Å²) in [6, 6.07) is 27.4. The van der Waals surface area contributed by atoms with Crippen LogP contribution in [-0.2, 0) is 50.0 Å². The molecule has 14 nitrogen and oxygen atoms in total. The van der Waals surface area contributed by atoms with Gasteiger partial charge in [-0.05, 0) is 56.2 Å². The first kappa shape index (κ1) is 55.3. The molecule has 2 aliphatic heterocycles. The fourth-order valence-electron chi connectivity index (χ4n) is 8.24. The maximum Gasteiger partial charge on any atom is 0.410 e. The van der Waals surface area contributed by atoms with Gasteiger partial charge in [0.25, 0.3) is 11.8 Å². The molecule has 0 atom stereocenters. The second-order valence-electron chi connectivity index (χ2n) is 18.1. The van der Waals surface area contributed by atoms with Gasteiger partial charge in [0.1, 0.15) is 17.0 Å². The highest BCUT2D eigenvalue weighted by Crippen LogP contribution is 2.27. The second kappa shape index (κ2) is 26.6. The lowest BCUT2D eigenvalue weighted by Gasteiger charge is -2.35. The zero-order valence-corrected chi connectivity index (χ0v) is 41.7. The van der Waals surface area contributed by atoms with Gasteiger partial charge in [-0.25, -0.2) is 22.4 Å². The van der Waals surface area contributed by atoms with Crippen molar-refractivity contribution in [3.05, 3.63) is 143 Å². The van der Waals surface area contributed by atoms with Gasteiger partial charge in [0.15, 0.2) is 23.3 Å². The predicted octanol–water partition coefficient (Wildman–Crippen LogP) is 8.47. The van der Waals surface area contributed by atoms with Gasteiger partial charge in [-0.1, -0.05) is 60.7 Å². The van der Waals surface area contributed by atoms with Gasteiger partial charge in [0.05, 0.1) is 63.9 Å². The standard InChI is InChI=1S/C29H35F2N3O5.C24H27F2N3O3.ClH/c1-29(2,3)39-28(36)33-11-9-32(10-12-33)27(35)26-18-22-17-23(30)24(31)19-25(22)34(26)13-14-37-15-16-38-20-21-7-5-4-6-8-21;25-20-14-19-15-23(24(30)28-8-6-27-7-9-28)29(22(19)16-21(20)26)10-11-31-12-13-32-17-18-4-2-1-3-5-18;/h4-8,17-19H,9-16,20H2,1-3H3;1-5,14-16,27H,6-13,17H2;1H. The first-order chi connectivity index (χ1) is 34.3. The van der Waals surface area contributed by atoms with E-state index in [-0.39, 0.29) is 37.4 Å². The van der Waals surface area contributed by atoms with Crippen molar-refractivity contribution < 1.29 is 55.6 Å². The number of hydrogen-bond donors (Lipinski definition) is 1. The Morgan fingerprint density at radius 3 is 1.33 bits per heavy atom. The van der Waals surface area contributed by atoms with Gasteiger partial charge in [0.2, 0.25) is 0 Å². The molecule has 2 fully saturated rings. The summed E-state index contributed by atoms with van der Waals surface area (Å²) in [5.74, 6) is -4.24. The van der Waals surface area contributed by atoms with Gasteiger partial charge in [-0.3, -0.25) is 9.59 Å². The molecule has 4 heterocycles. The first-order valence-corrected chi connectivity index (χ1v) is 23.9. The van der Waals surface area contributed by atoms with Gasteiger partial charge in [0, 0.05) is 88.4 Å². The predicted molar refractivity (Wildman–Crippen MR) is 267 cm³/mol. The number of fused-ring (bicyclic) bond motifs is 2. The van der Waals surface area contributed by atoms with Gasteiger partial charge >= 0.3 is 6.09 Å². The number of nitrogens with zero attached hydrogens (tertiary/aromatic N) is 5. The Morgan fingerprint density at radius 1 is 0.514 bits per heavy atom. The van der Waals surface area contributed by atoms with E-state index in [1.807, 2.05) is 60.7 Å². The number of halogens is 5. The Balaban J connectivity index is 0.000000236. The van der Waals surface area contributed by atoms with Crippen LogP contribution in [0.4, 0.5) is 22.4 Å². The summed E-state index contributed by atoms with van der Waals surface area (Å²) in [5, 5.41) is 4.14. The molecule has 0 radical (unpaired) electrons. The van der Waals surface area contributed by atoms with Crippen LogP contribution in [0, 0.1) is 23.3 Å². The van der Waals surface area contributed by atoms with Crippen LogP contribution in [0.1, 0.15) is 52.9 Å². The van der Waals surface area contributed by atoms with Crippen molar-refractivity contribution in [3.8, 4) is 0 Å². The second-order valence-corrected chi connectivity index (χ2v) is 18.1. The van der Waals surface area contributed by atoms with E-state index < -0.39 is 35.0 Å². The monoisotopic (exact) mass is 1020 g/mol. The highest BCUT2D eigenvalue weighted by molar-refractivity contribution is 6.00. The molecule has 6 aromatic rings. The van der Waals surface area contributed by atoms with Gasteiger partial charge in [-0.15, -0.1) is 12.4 Å². The largest absolute Gasteiger partial charge is 0.444 e. The fourth-order valence-corrected chi connectivity index (χ4v) is 8.24. The zero-order chi connectivity index (χ0) is 50.3. The summed E-state index contributed by atoms with van der Waals surface area (Å²) < 4.78 is 87.2. The summed E-state index contributed by atoms with van der Waals surface area (Å²) in [6.07, 6.45) is -0.417. The third-order valence-corrected chi connectivity index (χ3v) is 11.8. The number of aromatic nitrogens is 2. The quantitative estimate of drug-likeness (QED) is 0.0667. The molecule has 1 N–H and O–H groups in total. The number of benzene rings is 4. The highest BCUT2D eigenvalue weighted by Gasteiger charge is 2.30. The number of nitrogens with one attached hydrogen (secondary N) is 1. The molecule has 8 rings (SSSR count). The van der Waals surface area contributed by atoms with Gasteiger partial charge in [-0.2, -0.15) is 0 Å². The van der Waals surface area contributed by atoms with Crippen molar-refractivity contribution >= 4 is 52.1 Å². The zero-order valence-electron chi connectivity index (χ0n) is 40.9. The molecule has 388 valence electrons. The Labute approximate surface area is 423 Å². The van der Waals surface area contributed by atoms with Crippen LogP contribution in [-0.4, -0.2) is 139 Å². The van der Waals surface area contributed by atoms with E-state index in [2.05, 4.69) is 5.32 Å². The van der Waals surface area contributed by atoms with Crippen LogP contribution in [0.3, 0.4) is 0 Å². The molecule has 0 aliphatic carbocycles. The summed E-state index contributed by atoms with van der Waals surface area (Å²) in [6.45, 7) is 13.1. The van der Waals surface area contributed by atoms with E-state index in [0.29, 0.717) is 125 Å². The number of carbonyl (C=O) groups excluding carboxylic acids is 3. The minimum atomic E-state index is -0.984. The van der Waals surface area contributed by atoms with Crippen molar-refractivity contribution in [1.29, 1.82) is 0 Å². The molecular formula is C53H63ClF4N6O8. The Morgan fingerprint density at radius 2 is 0.903 bits per heavy atom. The lowest BCUT2D eigenvalue weighted by atomic mass is 10.2. The van der Waals surface area contributed by atoms with E-state index in [9.17, 15) is 31.9 Å². The molecule has 19 heteroatoms. The number of piperazine rings is 2. The van der Waals surface area contributed by atoms with Crippen molar-refractivity contribution in [1.82, 2.24) is 29.2 Å². The van der Waals surface area contributed by atoms with E-state index in [4.69, 9.17) is 23.7 Å². The third kappa shape index (κ3) is 15.3. The van der Waals surface area contributed by atoms with Crippen molar-refractivity contribution in [3.63, 3.8) is 0 Å². The summed E-state index contributed by atoms with van der Waals surface area (Å²) in [5.41, 5.74) is 3.17. The molecule has 0 spiro atoms. The fraction of sp³-hybridized carbons (Fsp3) is 0.415. The SMILES string of the molecule is CC(C)(C)OC(=O)N1CCN(C(=O)c2cc3cc(F)c(F)cc3n2CCOCCOCc2ccccc2)CC1.Cl.O=C(c1cc2cc(F)c(F)cc2n1CCOCCOCc1ccccc1)N1CCNCC1. The lowest BCUT2D eigenvalue weighted by molar-refractivity contribution is 0.0138. The van der Waals surface area contributed by atoms with Crippen LogP contribution in [0.2, 0.25) is 0 Å². The van der Waals surface area contributed by atoms with Crippen molar-refractivity contribution in [2.24, 2.45) is 0 Å². The normalized spacial score (nSPS) is 14.0. The topological polar surface area (TPSA) is 129 Å². The molecule has 0 bridgehead atoms. The molecule has 3 amide bonds. The summed E-state index contributed by atoms with van der Waals surface area (Å²) >= 11 is 0. The molecule has 2 saturated heterocycles. The van der Waals surface area contributed by atoms with E-state index >= 15 is 0 Å². The van der Waals surface area contributed by atoms with Crippen molar-refractivity contribution in [2.45, 2.75) is 52.7 Å². The average molecular weight is 1020 g/mol. The summed E-state index contributed by atoms with van der Waals surface area (Å²) in [7, 11) is 0. The average Bonchev–Trinajstić information content (AvgIpc) is 3.89. The van der Waals surface area contributed by atoms with Crippen LogP contribution >= 0.6 is 12.4 Å². The molecule has 0 saturated carbocycles. The lowest BCUT2D eigenvalue weighted by Crippen LogP contribution is -2.51. The van der Waals surface area contributed by atoms with Crippen LogP contribution in [0.5, 0.6) is 0 Å². The van der Waals surface area contributed by atoms with Crippen molar-refractivity contribution in [2.75, 3.05) is 92.0 Å². The Kier molecular flexibility index (Phi) is 20.4. The highest BCUT2D eigenvalue weighted by atomic mass is 35.5. The van der Waals surface area contributed by atoms with Crippen LogP contribution in [0.25, 0.3) is 21.8 Å². The first-order valence-electron chi connectivity index (χ1n) is 23.9. The number of ether oxygens (including phenoxy) is 5. The number of hydrogen-bond acceptors (Lipinski definition) is 9. The number of amides is 3. The molecule has 0 unspecified atom stereocenters. The molecule has 4 aromatic carbocycles. The van der Waals surface area contributed by atoms with E-state index in [0.717, 1.165) is 48.5 Å². The smallest absolute Gasteiger partial charge is 0.410 e. The van der Waals surface area contributed by atoms with Gasteiger partial charge < -0.3 is 52.8 Å². The molecular weight excluding hydrogens is 960 g/mol. The Hall–Kier alpha value is -6.02.